The molecule has 0 unspecified atom stereocenters. The third-order valence-electron chi connectivity index (χ3n) is 9.52. The zero-order valence-corrected chi connectivity index (χ0v) is 38.9. The maximum atomic E-state index is 12.3. The van der Waals surface area contributed by atoms with E-state index < -0.39 is 11.2 Å². The Balaban J connectivity index is 0.000000384. The van der Waals surface area contributed by atoms with Gasteiger partial charge in [-0.1, -0.05) is 47.5 Å². The fourth-order valence-corrected chi connectivity index (χ4v) is 8.53. The van der Waals surface area contributed by atoms with Crippen molar-refractivity contribution >= 4 is 47.5 Å². The van der Waals surface area contributed by atoms with Gasteiger partial charge in [0, 0.05) is 75.9 Å². The van der Waals surface area contributed by atoms with Crippen LogP contribution in [0.4, 0.5) is 9.59 Å². The fourth-order valence-electron chi connectivity index (χ4n) is 6.68. The van der Waals surface area contributed by atoms with Crippen molar-refractivity contribution < 1.29 is 62.5 Å². The van der Waals surface area contributed by atoms with Crippen molar-refractivity contribution in [2.45, 2.75) is 86.6 Å². The third kappa shape index (κ3) is 16.5. The van der Waals surface area contributed by atoms with E-state index in [4.69, 9.17) is 23.8 Å². The normalized spacial score (nSPS) is 14.4. The molecule has 326 valence electrons. The first-order valence-electron chi connectivity index (χ1n) is 19.7. The number of carbonyl (C=O) groups excluding carboxylic acids is 5. The van der Waals surface area contributed by atoms with Gasteiger partial charge < -0.3 is 29.5 Å². The summed E-state index contributed by atoms with van der Waals surface area (Å²) in [6, 6.07) is 17.1. The molecule has 4 aromatic rings. The number of piperazine rings is 2. The molecule has 4 heterocycles. The molecule has 61 heavy (non-hydrogen) atoms. The predicted molar refractivity (Wildman–Crippen MR) is 234 cm³/mol. The van der Waals surface area contributed by atoms with E-state index in [1.54, 1.807) is 16.2 Å². The van der Waals surface area contributed by atoms with Gasteiger partial charge in [-0.15, -0.1) is 22.7 Å². The van der Waals surface area contributed by atoms with E-state index in [2.05, 4.69) is 78.4 Å². The smallest absolute Gasteiger partial charge is 0.870 e. The van der Waals surface area contributed by atoms with Crippen molar-refractivity contribution in [2.75, 3.05) is 52.4 Å². The van der Waals surface area contributed by atoms with Gasteiger partial charge in [0.05, 0.1) is 4.88 Å². The number of benzene rings is 2. The Labute approximate surface area is 380 Å². The van der Waals surface area contributed by atoms with Crippen molar-refractivity contribution in [1.82, 2.24) is 19.6 Å². The largest absolute Gasteiger partial charge is 1.00 e. The molecular weight excluding hydrogens is 812 g/mol. The summed E-state index contributed by atoms with van der Waals surface area (Å²) in [5.41, 5.74) is 7.83. The predicted octanol–water partition coefficient (Wildman–Crippen LogP) is 5.64. The first-order valence-corrected chi connectivity index (χ1v) is 21.5. The number of thiophene rings is 2. The average Bonchev–Trinajstić information content (AvgIpc) is 3.81. The second-order valence-electron chi connectivity index (χ2n) is 16.7. The van der Waals surface area contributed by atoms with Gasteiger partial charge in [-0.25, -0.2) is 9.59 Å². The summed E-state index contributed by atoms with van der Waals surface area (Å²) in [4.78, 5) is 62.3. The van der Waals surface area contributed by atoms with Crippen LogP contribution in [0.2, 0.25) is 0 Å². The summed E-state index contributed by atoms with van der Waals surface area (Å²) in [5, 5.41) is 4.09. The number of ether oxygens (including phenoxy) is 3. The van der Waals surface area contributed by atoms with Gasteiger partial charge >= 0.3 is 37.2 Å². The van der Waals surface area contributed by atoms with Gasteiger partial charge in [0.1, 0.15) is 17.0 Å². The first-order chi connectivity index (χ1) is 27.9. The Morgan fingerprint density at radius 2 is 1.05 bits per heavy atom. The van der Waals surface area contributed by atoms with Gasteiger partial charge in [-0.3, -0.25) is 14.6 Å². The zero-order chi connectivity index (χ0) is 43.3. The molecule has 6 rings (SSSR count). The van der Waals surface area contributed by atoms with Crippen LogP contribution in [0.25, 0.3) is 20.9 Å². The van der Waals surface area contributed by atoms with Crippen LogP contribution in [0.1, 0.15) is 69.4 Å². The molecule has 2 fully saturated rings. The molecule has 0 atom stereocenters. The maximum absolute atomic E-state index is 12.3. The van der Waals surface area contributed by atoms with E-state index >= 15 is 0 Å². The molecule has 2 aromatic heterocycles. The third-order valence-corrected chi connectivity index (χ3v) is 11.5. The van der Waals surface area contributed by atoms with E-state index in [0.717, 1.165) is 55.3 Å². The molecule has 0 radical (unpaired) electrons. The molecule has 0 saturated carbocycles. The van der Waals surface area contributed by atoms with Gasteiger partial charge in [0.2, 0.25) is 0 Å². The molecule has 2 aliphatic rings. The number of hydrogen-bond acceptors (Lipinski definition) is 13. The summed E-state index contributed by atoms with van der Waals surface area (Å²) >= 11 is 3.37. The molecule has 2 aliphatic heterocycles. The maximum Gasteiger partial charge on any atom is 1.00 e. The van der Waals surface area contributed by atoms with Crippen LogP contribution in [-0.4, -0.2) is 113 Å². The quantitative estimate of drug-likeness (QED) is 0.160. The van der Waals surface area contributed by atoms with Crippen LogP contribution in [0.15, 0.2) is 59.3 Å². The summed E-state index contributed by atoms with van der Waals surface area (Å²) in [6.45, 7) is 26.0. The monoisotopic (exact) mass is 870 g/mol. The molecule has 1 N–H and O–H groups in total. The number of carbonyl (C=O) groups is 3. The van der Waals surface area contributed by atoms with E-state index in [1.807, 2.05) is 69.2 Å². The number of aryl methyl sites for hydroxylation is 3. The topological polar surface area (TPSA) is 156 Å². The summed E-state index contributed by atoms with van der Waals surface area (Å²) < 4.78 is 16.1. The number of nitrogens with zero attached hydrogens (tertiary/aromatic N) is 4. The minimum Gasteiger partial charge on any atom is -0.870 e. The van der Waals surface area contributed by atoms with Crippen LogP contribution in [0.3, 0.4) is 0 Å². The number of rotatable bonds is 8. The van der Waals surface area contributed by atoms with Crippen LogP contribution >= 0.6 is 22.7 Å². The number of hydrogen-bond donors (Lipinski definition) is 0. The van der Waals surface area contributed by atoms with Gasteiger partial charge in [-0.05, 0) is 107 Å². The Kier molecular flexibility index (Phi) is 21.1. The molecule has 0 aliphatic carbocycles. The Bertz CT molecular complexity index is 2050. The average molecular weight is 871 g/mol. The fraction of sp³-hybridized carbons (Fsp3) is 0.467. The first kappa shape index (κ1) is 52.8. The molecule has 13 nitrogen and oxygen atoms in total. The van der Waals surface area contributed by atoms with E-state index in [1.165, 1.54) is 32.7 Å². The Hall–Kier alpha value is -4.29. The molecule has 16 heteroatoms. The summed E-state index contributed by atoms with van der Waals surface area (Å²) in [5.74, 6) is 0.589. The molecule has 0 bridgehead atoms. The molecular formula is C45H59LiN4O9S2. The van der Waals surface area contributed by atoms with E-state index in [-0.39, 0.29) is 42.7 Å². The second kappa shape index (κ2) is 24.4. The molecule has 2 saturated heterocycles. The van der Waals surface area contributed by atoms with Crippen molar-refractivity contribution in [1.29, 1.82) is 0 Å². The van der Waals surface area contributed by atoms with Crippen LogP contribution < -0.4 is 23.6 Å². The summed E-state index contributed by atoms with van der Waals surface area (Å²) in [6.07, 6.45) is -0.199. The standard InChI is InChI=1S/C22H28N2O4S.C22H30N2O2S.CO2.Li.H2O/c1-16-5-6-17(18(13-16)20-19(27-15-25)7-12-29-20)14-23-8-10-24(11-9-23)21(26)28-22(2,3)4;1-16-6-7-18(19(14-16)20-17(2)8-13-27-20)15-23-9-11-24(12-10-23)21(25)26-22(3,4)5;2-1-3;;/h5-7,12-13,15H,8-11,14H2,1-4H3;6-8,13-14H,9-12,15H2,1-5H3;;;1H2/q;;;+1;/p-1. The molecule has 0 spiro atoms. The minimum absolute atomic E-state index is 0. The number of amides is 2. The second-order valence-corrected chi connectivity index (χ2v) is 18.5. The van der Waals surface area contributed by atoms with E-state index in [0.29, 0.717) is 38.4 Å². The van der Waals surface area contributed by atoms with Crippen molar-refractivity contribution in [3.8, 4) is 26.6 Å². The Morgan fingerprint density at radius 3 is 1.43 bits per heavy atom. The SMILES string of the molecule is Cc1ccc(CN2CCN(C(=O)OC(C)(C)C)CC2)c(-c2sccc2C)c1.Cc1ccc(CN2CCN(C(=O)OC(C)(C)C)CC2)c(-c2sccc2OC=O)c1.O=C=O.[Li+].[OH-]. The van der Waals surface area contributed by atoms with Crippen LogP contribution in [0.5, 0.6) is 5.75 Å². The minimum atomic E-state index is -0.479. The Morgan fingerprint density at radius 1 is 0.656 bits per heavy atom. The zero-order valence-electron chi connectivity index (χ0n) is 37.2. The van der Waals surface area contributed by atoms with Crippen molar-refractivity contribution in [2.24, 2.45) is 0 Å². The van der Waals surface area contributed by atoms with Gasteiger partial charge in [0.25, 0.3) is 6.47 Å². The van der Waals surface area contributed by atoms with E-state index in [9.17, 15) is 14.4 Å². The van der Waals surface area contributed by atoms with Gasteiger partial charge in [0.15, 0.2) is 0 Å². The van der Waals surface area contributed by atoms with Crippen molar-refractivity contribution in [3.63, 3.8) is 0 Å². The molecule has 2 aromatic carbocycles. The van der Waals surface area contributed by atoms with Gasteiger partial charge in [-0.2, -0.15) is 9.59 Å². The van der Waals surface area contributed by atoms with Crippen molar-refractivity contribution in [3.05, 3.63) is 87.1 Å². The van der Waals surface area contributed by atoms with Crippen LogP contribution in [-0.2, 0) is 36.9 Å². The molecule has 2 amide bonds. The summed E-state index contributed by atoms with van der Waals surface area (Å²) in [7, 11) is 0. The van der Waals surface area contributed by atoms with Crippen LogP contribution in [0, 0.1) is 20.8 Å².